The summed E-state index contributed by atoms with van der Waals surface area (Å²) in [6.07, 6.45) is 0.979. The number of amides is 2. The van der Waals surface area contributed by atoms with Crippen LogP contribution in [0.4, 0.5) is 0 Å². The third-order valence-electron chi connectivity index (χ3n) is 3.46. The molecule has 132 valence electrons. The molecule has 0 aliphatic heterocycles. The lowest BCUT2D eigenvalue weighted by Crippen LogP contribution is -2.41. The minimum Gasteiger partial charge on any atom is -0.494 e. The van der Waals surface area contributed by atoms with Crippen molar-refractivity contribution in [1.29, 1.82) is 0 Å². The van der Waals surface area contributed by atoms with Gasteiger partial charge in [-0.05, 0) is 77.4 Å². The molecule has 0 saturated heterocycles. The van der Waals surface area contributed by atoms with Crippen molar-refractivity contribution in [2.75, 3.05) is 6.61 Å². The molecule has 5 nitrogen and oxygen atoms in total. The summed E-state index contributed by atoms with van der Waals surface area (Å²) in [6.45, 7) is 4.93. The summed E-state index contributed by atoms with van der Waals surface area (Å²) in [7, 11) is 0. The number of carbonyl (C=O) groups excluding carboxylic acids is 2. The van der Waals surface area contributed by atoms with Crippen molar-refractivity contribution in [2.24, 2.45) is 5.92 Å². The number of hydrazine groups is 1. The maximum absolute atomic E-state index is 12.1. The van der Waals surface area contributed by atoms with E-state index in [2.05, 4.69) is 47.3 Å². The lowest BCUT2D eigenvalue weighted by Gasteiger charge is -2.10. The molecule has 2 aromatic rings. The SMILES string of the molecule is CC(C)CCOc1ccc(C(=O)NNC(=O)c2cccc(I)c2)cc1. The Balaban J connectivity index is 1.85. The van der Waals surface area contributed by atoms with Crippen molar-refractivity contribution < 1.29 is 14.3 Å². The van der Waals surface area contributed by atoms with Gasteiger partial charge in [0.05, 0.1) is 6.61 Å². The molecule has 0 saturated carbocycles. The van der Waals surface area contributed by atoms with E-state index in [1.165, 1.54) is 0 Å². The van der Waals surface area contributed by atoms with Gasteiger partial charge >= 0.3 is 0 Å². The van der Waals surface area contributed by atoms with Crippen LogP contribution in [0.25, 0.3) is 0 Å². The molecule has 0 atom stereocenters. The molecule has 0 spiro atoms. The zero-order valence-electron chi connectivity index (χ0n) is 14.2. The Morgan fingerprint density at radius 3 is 2.24 bits per heavy atom. The molecule has 0 radical (unpaired) electrons. The smallest absolute Gasteiger partial charge is 0.269 e. The largest absolute Gasteiger partial charge is 0.494 e. The third-order valence-corrected chi connectivity index (χ3v) is 4.13. The monoisotopic (exact) mass is 452 g/mol. The minimum absolute atomic E-state index is 0.361. The zero-order chi connectivity index (χ0) is 18.2. The number of rotatable bonds is 6. The van der Waals surface area contributed by atoms with E-state index in [4.69, 9.17) is 4.74 Å². The van der Waals surface area contributed by atoms with Gasteiger partial charge in [-0.25, -0.2) is 0 Å². The summed E-state index contributed by atoms with van der Waals surface area (Å²) in [5.41, 5.74) is 5.76. The van der Waals surface area contributed by atoms with Gasteiger partial charge in [-0.15, -0.1) is 0 Å². The Hall–Kier alpha value is -2.09. The van der Waals surface area contributed by atoms with Gasteiger partial charge in [-0.3, -0.25) is 20.4 Å². The van der Waals surface area contributed by atoms with E-state index < -0.39 is 0 Å². The Labute approximate surface area is 161 Å². The normalized spacial score (nSPS) is 10.4. The van der Waals surface area contributed by atoms with Gasteiger partial charge in [0.25, 0.3) is 11.8 Å². The van der Waals surface area contributed by atoms with Crippen LogP contribution in [0, 0.1) is 9.49 Å². The molecule has 2 N–H and O–H groups in total. The predicted octanol–water partition coefficient (Wildman–Crippen LogP) is 3.79. The highest BCUT2D eigenvalue weighted by atomic mass is 127. The highest BCUT2D eigenvalue weighted by molar-refractivity contribution is 14.1. The van der Waals surface area contributed by atoms with Crippen LogP contribution in [-0.4, -0.2) is 18.4 Å². The highest BCUT2D eigenvalue weighted by Crippen LogP contribution is 2.13. The summed E-state index contributed by atoms with van der Waals surface area (Å²) < 4.78 is 6.57. The van der Waals surface area contributed by atoms with Crippen molar-refractivity contribution in [3.63, 3.8) is 0 Å². The number of nitrogens with one attached hydrogen (secondary N) is 2. The van der Waals surface area contributed by atoms with Crippen LogP contribution in [0.15, 0.2) is 48.5 Å². The van der Waals surface area contributed by atoms with Crippen molar-refractivity contribution in [3.8, 4) is 5.75 Å². The van der Waals surface area contributed by atoms with E-state index in [0.717, 1.165) is 15.7 Å². The average Bonchev–Trinajstić information content (AvgIpc) is 2.59. The summed E-state index contributed by atoms with van der Waals surface area (Å²) in [5.74, 6) is 0.565. The van der Waals surface area contributed by atoms with E-state index in [1.807, 2.05) is 6.07 Å². The van der Waals surface area contributed by atoms with Crippen molar-refractivity contribution in [1.82, 2.24) is 10.9 Å². The van der Waals surface area contributed by atoms with Crippen molar-refractivity contribution >= 4 is 34.4 Å². The summed E-state index contributed by atoms with van der Waals surface area (Å²) >= 11 is 2.13. The summed E-state index contributed by atoms with van der Waals surface area (Å²) in [4.78, 5) is 24.1. The number of benzene rings is 2. The number of hydrogen-bond donors (Lipinski definition) is 2. The molecular formula is C19H21IN2O3. The highest BCUT2D eigenvalue weighted by Gasteiger charge is 2.09. The number of halogens is 1. The number of hydrogen-bond acceptors (Lipinski definition) is 3. The van der Waals surface area contributed by atoms with Gasteiger partial charge in [-0.1, -0.05) is 19.9 Å². The molecule has 0 unspecified atom stereocenters. The molecule has 2 amide bonds. The average molecular weight is 452 g/mol. The van der Waals surface area contributed by atoms with Crippen LogP contribution in [0.1, 0.15) is 41.0 Å². The maximum Gasteiger partial charge on any atom is 0.269 e. The molecule has 0 heterocycles. The molecule has 6 heteroatoms. The van der Waals surface area contributed by atoms with Crippen LogP contribution in [0.2, 0.25) is 0 Å². The first-order valence-electron chi connectivity index (χ1n) is 8.05. The molecular weight excluding hydrogens is 431 g/mol. The Kier molecular flexibility index (Phi) is 7.24. The Morgan fingerprint density at radius 2 is 1.64 bits per heavy atom. The lowest BCUT2D eigenvalue weighted by atomic mass is 10.1. The Morgan fingerprint density at radius 1 is 1.00 bits per heavy atom. The van der Waals surface area contributed by atoms with Crippen molar-refractivity contribution in [2.45, 2.75) is 20.3 Å². The number of carbonyl (C=O) groups is 2. The fraction of sp³-hybridized carbons (Fsp3) is 0.263. The molecule has 25 heavy (non-hydrogen) atoms. The molecule has 0 aromatic heterocycles. The fourth-order valence-electron chi connectivity index (χ4n) is 2.00. The second-order valence-corrected chi connectivity index (χ2v) is 7.22. The molecule has 0 fully saturated rings. The third kappa shape index (κ3) is 6.38. The lowest BCUT2D eigenvalue weighted by molar-refractivity contribution is 0.0846. The van der Waals surface area contributed by atoms with E-state index in [9.17, 15) is 9.59 Å². The van der Waals surface area contributed by atoms with E-state index in [-0.39, 0.29) is 11.8 Å². The van der Waals surface area contributed by atoms with E-state index in [0.29, 0.717) is 23.7 Å². The van der Waals surface area contributed by atoms with Crippen LogP contribution in [0.5, 0.6) is 5.75 Å². The number of ether oxygens (including phenoxy) is 1. The van der Waals surface area contributed by atoms with E-state index >= 15 is 0 Å². The fourth-order valence-corrected chi connectivity index (χ4v) is 2.55. The zero-order valence-corrected chi connectivity index (χ0v) is 16.4. The molecule has 2 rings (SSSR count). The second kappa shape index (κ2) is 9.41. The first-order valence-corrected chi connectivity index (χ1v) is 9.12. The van der Waals surface area contributed by atoms with Crippen LogP contribution >= 0.6 is 22.6 Å². The standard InChI is InChI=1S/C19H21IN2O3/c1-13(2)10-11-25-17-8-6-14(7-9-17)18(23)21-22-19(24)15-4-3-5-16(20)12-15/h3-9,12-13H,10-11H2,1-2H3,(H,21,23)(H,22,24). The van der Waals surface area contributed by atoms with Gasteiger partial charge in [0.1, 0.15) is 5.75 Å². The van der Waals surface area contributed by atoms with Gasteiger partial charge in [-0.2, -0.15) is 0 Å². The van der Waals surface area contributed by atoms with Gasteiger partial charge < -0.3 is 4.74 Å². The molecule has 2 aromatic carbocycles. The van der Waals surface area contributed by atoms with Crippen LogP contribution < -0.4 is 15.6 Å². The quantitative estimate of drug-likeness (QED) is 0.518. The van der Waals surface area contributed by atoms with E-state index in [1.54, 1.807) is 42.5 Å². The maximum atomic E-state index is 12.1. The van der Waals surface area contributed by atoms with Crippen LogP contribution in [-0.2, 0) is 0 Å². The topological polar surface area (TPSA) is 67.4 Å². The summed E-state index contributed by atoms with van der Waals surface area (Å²) in [6, 6.07) is 13.9. The molecule has 0 aliphatic rings. The molecule has 0 aliphatic carbocycles. The first kappa shape index (κ1) is 19.2. The van der Waals surface area contributed by atoms with Crippen molar-refractivity contribution in [3.05, 3.63) is 63.2 Å². The summed E-state index contributed by atoms with van der Waals surface area (Å²) in [5, 5.41) is 0. The Bertz CT molecular complexity index is 730. The van der Waals surface area contributed by atoms with Gasteiger partial charge in [0.2, 0.25) is 0 Å². The van der Waals surface area contributed by atoms with Crippen LogP contribution in [0.3, 0.4) is 0 Å². The second-order valence-electron chi connectivity index (χ2n) is 5.97. The minimum atomic E-state index is -0.382. The first-order chi connectivity index (χ1) is 12.0. The van der Waals surface area contributed by atoms with Gasteiger partial charge in [0.15, 0.2) is 0 Å². The molecule has 0 bridgehead atoms. The van der Waals surface area contributed by atoms with Gasteiger partial charge in [0, 0.05) is 14.7 Å². The predicted molar refractivity (Wildman–Crippen MR) is 105 cm³/mol.